The van der Waals surface area contributed by atoms with Crippen molar-refractivity contribution in [2.24, 2.45) is 5.92 Å². The third-order valence-corrected chi connectivity index (χ3v) is 3.29. The lowest BCUT2D eigenvalue weighted by atomic mass is 10.1. The molecule has 1 rings (SSSR count). The molecule has 0 saturated carbocycles. The van der Waals surface area contributed by atoms with Gasteiger partial charge in [0.15, 0.2) is 0 Å². The minimum absolute atomic E-state index is 0.254. The van der Waals surface area contributed by atoms with E-state index in [0.29, 0.717) is 32.1 Å². The largest absolute Gasteiger partial charge is 0.389 e. The van der Waals surface area contributed by atoms with Gasteiger partial charge in [-0.2, -0.15) is 0 Å². The van der Waals surface area contributed by atoms with E-state index in [-0.39, 0.29) is 5.91 Å². The molecular formula is C14H28N2O3. The van der Waals surface area contributed by atoms with E-state index in [0.717, 1.165) is 26.2 Å². The summed E-state index contributed by atoms with van der Waals surface area (Å²) in [5.74, 6) is 0.669. The van der Waals surface area contributed by atoms with Gasteiger partial charge in [-0.3, -0.25) is 9.69 Å². The van der Waals surface area contributed by atoms with Gasteiger partial charge in [0.1, 0.15) is 0 Å². The van der Waals surface area contributed by atoms with Crippen molar-refractivity contribution in [1.82, 2.24) is 9.80 Å². The first-order chi connectivity index (χ1) is 9.02. The SMILES string of the molecule is CCOC[C@@H](O)CN1CCN(C(=O)CC(C)C)CC1. The van der Waals surface area contributed by atoms with Gasteiger partial charge in [0.25, 0.3) is 0 Å². The molecule has 0 aromatic rings. The highest BCUT2D eigenvalue weighted by atomic mass is 16.5. The summed E-state index contributed by atoms with van der Waals surface area (Å²) in [7, 11) is 0. The fourth-order valence-corrected chi connectivity index (χ4v) is 2.26. The van der Waals surface area contributed by atoms with Crippen LogP contribution in [-0.4, -0.2) is 72.9 Å². The third-order valence-electron chi connectivity index (χ3n) is 3.29. The van der Waals surface area contributed by atoms with E-state index in [4.69, 9.17) is 4.74 Å². The highest BCUT2D eigenvalue weighted by molar-refractivity contribution is 5.76. The molecule has 1 N–H and O–H groups in total. The van der Waals surface area contributed by atoms with Crippen LogP contribution in [0.3, 0.4) is 0 Å². The Bertz CT molecular complexity index is 263. The number of rotatable bonds is 7. The number of aliphatic hydroxyl groups excluding tert-OH is 1. The molecule has 0 radical (unpaired) electrons. The highest BCUT2D eigenvalue weighted by Gasteiger charge is 2.22. The predicted octanol–water partition coefficient (Wildman–Crippen LogP) is 0.574. The number of β-amino-alcohol motifs (C(OH)–C–C–N with tert-alkyl or cyclic N) is 1. The molecule has 0 aliphatic carbocycles. The van der Waals surface area contributed by atoms with Crippen LogP contribution in [0.1, 0.15) is 27.2 Å². The molecule has 1 aliphatic heterocycles. The summed E-state index contributed by atoms with van der Waals surface area (Å²) < 4.78 is 5.20. The number of carbonyl (C=O) groups is 1. The molecule has 5 nitrogen and oxygen atoms in total. The first-order valence-electron chi connectivity index (χ1n) is 7.28. The lowest BCUT2D eigenvalue weighted by Gasteiger charge is -2.35. The Kier molecular flexibility index (Phi) is 7.34. The summed E-state index contributed by atoms with van der Waals surface area (Å²) in [5.41, 5.74) is 0. The van der Waals surface area contributed by atoms with Gasteiger partial charge in [0.05, 0.1) is 12.7 Å². The van der Waals surface area contributed by atoms with E-state index in [1.165, 1.54) is 0 Å². The smallest absolute Gasteiger partial charge is 0.222 e. The van der Waals surface area contributed by atoms with Crippen LogP contribution in [0.2, 0.25) is 0 Å². The van der Waals surface area contributed by atoms with Crippen LogP contribution >= 0.6 is 0 Å². The van der Waals surface area contributed by atoms with Crippen molar-refractivity contribution in [3.8, 4) is 0 Å². The zero-order chi connectivity index (χ0) is 14.3. The molecule has 1 atom stereocenters. The van der Waals surface area contributed by atoms with Crippen molar-refractivity contribution in [2.45, 2.75) is 33.3 Å². The summed E-state index contributed by atoms with van der Waals surface area (Å²) in [4.78, 5) is 16.0. The number of carbonyl (C=O) groups excluding carboxylic acids is 1. The third kappa shape index (κ3) is 6.36. The quantitative estimate of drug-likeness (QED) is 0.736. The summed E-state index contributed by atoms with van der Waals surface area (Å²) >= 11 is 0. The lowest BCUT2D eigenvalue weighted by Crippen LogP contribution is -2.51. The molecule has 0 aromatic heterocycles. The maximum Gasteiger partial charge on any atom is 0.222 e. The molecular weight excluding hydrogens is 244 g/mol. The second-order valence-electron chi connectivity index (χ2n) is 5.59. The number of aliphatic hydroxyl groups is 1. The first-order valence-corrected chi connectivity index (χ1v) is 7.28. The Labute approximate surface area is 116 Å². The van der Waals surface area contributed by atoms with Crippen molar-refractivity contribution in [2.75, 3.05) is 45.9 Å². The predicted molar refractivity (Wildman–Crippen MR) is 75.0 cm³/mol. The van der Waals surface area contributed by atoms with Gasteiger partial charge in [-0.05, 0) is 12.8 Å². The van der Waals surface area contributed by atoms with Crippen molar-refractivity contribution in [3.05, 3.63) is 0 Å². The zero-order valence-corrected chi connectivity index (χ0v) is 12.5. The van der Waals surface area contributed by atoms with Crippen LogP contribution in [-0.2, 0) is 9.53 Å². The standard InChI is InChI=1S/C14H28N2O3/c1-4-19-11-13(17)10-15-5-7-16(8-6-15)14(18)9-12(2)3/h12-13,17H,4-11H2,1-3H3/t13-/m0/s1. The van der Waals surface area contributed by atoms with E-state index >= 15 is 0 Å². The van der Waals surface area contributed by atoms with E-state index < -0.39 is 6.10 Å². The maximum atomic E-state index is 11.9. The molecule has 0 aromatic carbocycles. The molecule has 0 spiro atoms. The van der Waals surface area contributed by atoms with Crippen LogP contribution in [0.5, 0.6) is 0 Å². The second kappa shape index (κ2) is 8.51. The molecule has 1 heterocycles. The average molecular weight is 272 g/mol. The number of nitrogens with zero attached hydrogens (tertiary/aromatic N) is 2. The van der Waals surface area contributed by atoms with E-state index in [2.05, 4.69) is 18.7 Å². The van der Waals surface area contributed by atoms with Gasteiger partial charge >= 0.3 is 0 Å². The van der Waals surface area contributed by atoms with Gasteiger partial charge in [-0.15, -0.1) is 0 Å². The van der Waals surface area contributed by atoms with Crippen LogP contribution in [0.4, 0.5) is 0 Å². The van der Waals surface area contributed by atoms with Crippen molar-refractivity contribution < 1.29 is 14.6 Å². The van der Waals surface area contributed by atoms with Crippen LogP contribution < -0.4 is 0 Å². The number of hydrogen-bond acceptors (Lipinski definition) is 4. The molecule has 0 bridgehead atoms. The van der Waals surface area contributed by atoms with Crippen LogP contribution in [0, 0.1) is 5.92 Å². The summed E-state index contributed by atoms with van der Waals surface area (Å²) in [6, 6.07) is 0. The van der Waals surface area contributed by atoms with E-state index in [1.54, 1.807) is 0 Å². The van der Waals surface area contributed by atoms with Gasteiger partial charge in [-0.25, -0.2) is 0 Å². The molecule has 19 heavy (non-hydrogen) atoms. The summed E-state index contributed by atoms with van der Waals surface area (Å²) in [6.07, 6.45) is 0.199. The van der Waals surface area contributed by atoms with Gasteiger partial charge in [0, 0.05) is 45.8 Å². The monoisotopic (exact) mass is 272 g/mol. The number of hydrogen-bond donors (Lipinski definition) is 1. The normalized spacial score (nSPS) is 18.9. The summed E-state index contributed by atoms with van der Waals surface area (Å²) in [6.45, 7) is 10.9. The number of amides is 1. The van der Waals surface area contributed by atoms with Gasteiger partial charge in [0.2, 0.25) is 5.91 Å². The minimum atomic E-state index is -0.433. The molecule has 1 saturated heterocycles. The molecule has 1 amide bonds. The molecule has 0 unspecified atom stereocenters. The second-order valence-corrected chi connectivity index (χ2v) is 5.59. The van der Waals surface area contributed by atoms with Crippen molar-refractivity contribution in [3.63, 3.8) is 0 Å². The topological polar surface area (TPSA) is 53.0 Å². The van der Waals surface area contributed by atoms with Gasteiger partial charge in [-0.1, -0.05) is 13.8 Å². The van der Waals surface area contributed by atoms with Gasteiger partial charge < -0.3 is 14.7 Å². The Morgan fingerprint density at radius 1 is 1.26 bits per heavy atom. The van der Waals surface area contributed by atoms with Crippen molar-refractivity contribution >= 4 is 5.91 Å². The summed E-state index contributed by atoms with van der Waals surface area (Å²) in [5, 5.41) is 9.78. The fourth-order valence-electron chi connectivity index (χ4n) is 2.26. The molecule has 5 heteroatoms. The first kappa shape index (κ1) is 16.4. The Morgan fingerprint density at radius 3 is 2.42 bits per heavy atom. The Morgan fingerprint density at radius 2 is 1.89 bits per heavy atom. The maximum absolute atomic E-state index is 11.9. The zero-order valence-electron chi connectivity index (χ0n) is 12.5. The number of ether oxygens (including phenoxy) is 1. The number of piperazine rings is 1. The Hall–Kier alpha value is -0.650. The van der Waals surface area contributed by atoms with E-state index in [9.17, 15) is 9.90 Å². The average Bonchev–Trinajstić information content (AvgIpc) is 2.36. The van der Waals surface area contributed by atoms with Crippen LogP contribution in [0.15, 0.2) is 0 Å². The molecule has 112 valence electrons. The Balaban J connectivity index is 2.23. The minimum Gasteiger partial charge on any atom is -0.389 e. The highest BCUT2D eigenvalue weighted by Crippen LogP contribution is 2.08. The lowest BCUT2D eigenvalue weighted by molar-refractivity contribution is -0.133. The molecule has 1 aliphatic rings. The molecule has 1 fully saturated rings. The van der Waals surface area contributed by atoms with Crippen molar-refractivity contribution in [1.29, 1.82) is 0 Å². The van der Waals surface area contributed by atoms with E-state index in [1.807, 2.05) is 11.8 Å². The fraction of sp³-hybridized carbons (Fsp3) is 0.929. The van der Waals surface area contributed by atoms with Crippen LogP contribution in [0.25, 0.3) is 0 Å².